The first kappa shape index (κ1) is 17.1. The van der Waals surface area contributed by atoms with Crippen LogP contribution in [0.15, 0.2) is 45.9 Å². The summed E-state index contributed by atoms with van der Waals surface area (Å²) in [5.74, 6) is 2.29. The molecule has 2 N–H and O–H groups in total. The summed E-state index contributed by atoms with van der Waals surface area (Å²) in [4.78, 5) is 8.60. The van der Waals surface area contributed by atoms with Crippen LogP contribution in [0.4, 0.5) is 0 Å². The molecule has 0 radical (unpaired) electrons. The van der Waals surface area contributed by atoms with Gasteiger partial charge in [-0.2, -0.15) is 0 Å². The first-order valence-corrected chi connectivity index (χ1v) is 8.58. The van der Waals surface area contributed by atoms with Crippen LogP contribution in [-0.4, -0.2) is 29.1 Å². The molecular weight excluding hydrogens is 314 g/mol. The van der Waals surface area contributed by atoms with Crippen LogP contribution in [0.3, 0.4) is 0 Å². The van der Waals surface area contributed by atoms with E-state index in [-0.39, 0.29) is 0 Å². The van der Waals surface area contributed by atoms with Gasteiger partial charge in [-0.05, 0) is 37.8 Å². The summed E-state index contributed by atoms with van der Waals surface area (Å²) in [7, 11) is 1.76. The average Bonchev–Trinajstić information content (AvgIpc) is 3.18. The summed E-state index contributed by atoms with van der Waals surface area (Å²) in [5, 5.41) is 7.84. The SMILES string of the molecule is CN=C(NCCCn1ccc2ccccc21)NCc1nc(C)c(C)o1. The molecule has 2 aromatic heterocycles. The number of guanidine groups is 1. The van der Waals surface area contributed by atoms with Crippen LogP contribution in [-0.2, 0) is 13.1 Å². The minimum absolute atomic E-state index is 0.524. The molecule has 0 atom stereocenters. The highest BCUT2D eigenvalue weighted by Crippen LogP contribution is 2.15. The summed E-state index contributed by atoms with van der Waals surface area (Å²) in [6.45, 7) is 6.20. The second-order valence-electron chi connectivity index (χ2n) is 6.02. The van der Waals surface area contributed by atoms with Crippen LogP contribution in [0.2, 0.25) is 0 Å². The van der Waals surface area contributed by atoms with E-state index < -0.39 is 0 Å². The van der Waals surface area contributed by atoms with Crippen molar-refractivity contribution in [2.75, 3.05) is 13.6 Å². The van der Waals surface area contributed by atoms with Crippen molar-refractivity contribution in [1.29, 1.82) is 0 Å². The molecule has 0 amide bonds. The van der Waals surface area contributed by atoms with E-state index in [1.807, 2.05) is 13.8 Å². The lowest BCUT2D eigenvalue weighted by molar-refractivity contribution is 0.463. The molecule has 1 aromatic carbocycles. The number of para-hydroxylation sites is 1. The zero-order valence-corrected chi connectivity index (χ0v) is 15.0. The zero-order valence-electron chi connectivity index (χ0n) is 15.0. The maximum Gasteiger partial charge on any atom is 0.214 e. The molecule has 0 aliphatic carbocycles. The number of hydrogen-bond donors (Lipinski definition) is 2. The number of oxazole rings is 1. The first-order chi connectivity index (χ1) is 12.2. The normalized spacial score (nSPS) is 11.9. The van der Waals surface area contributed by atoms with Gasteiger partial charge in [0.25, 0.3) is 0 Å². The van der Waals surface area contributed by atoms with E-state index in [9.17, 15) is 0 Å². The Labute approximate surface area is 148 Å². The first-order valence-electron chi connectivity index (χ1n) is 8.58. The lowest BCUT2D eigenvalue weighted by Gasteiger charge is -2.11. The molecule has 0 unspecified atom stereocenters. The van der Waals surface area contributed by atoms with Gasteiger partial charge < -0.3 is 19.6 Å². The summed E-state index contributed by atoms with van der Waals surface area (Å²) < 4.78 is 7.85. The third kappa shape index (κ3) is 4.21. The Bertz CT molecular complexity index is 842. The molecule has 25 heavy (non-hydrogen) atoms. The molecular formula is C19H25N5O. The Morgan fingerprint density at radius 1 is 1.20 bits per heavy atom. The van der Waals surface area contributed by atoms with E-state index >= 15 is 0 Å². The number of fused-ring (bicyclic) bond motifs is 1. The summed E-state index contributed by atoms with van der Waals surface area (Å²) in [5.41, 5.74) is 2.21. The number of aliphatic imine (C=N–C) groups is 1. The minimum Gasteiger partial charge on any atom is -0.444 e. The van der Waals surface area contributed by atoms with Gasteiger partial charge in [0.1, 0.15) is 5.76 Å². The Hall–Kier alpha value is -2.76. The third-order valence-corrected chi connectivity index (χ3v) is 4.25. The van der Waals surface area contributed by atoms with Crippen molar-refractivity contribution in [1.82, 2.24) is 20.2 Å². The van der Waals surface area contributed by atoms with Gasteiger partial charge in [-0.25, -0.2) is 4.98 Å². The van der Waals surface area contributed by atoms with E-state index in [2.05, 4.69) is 61.7 Å². The van der Waals surface area contributed by atoms with Gasteiger partial charge in [0.15, 0.2) is 5.96 Å². The molecule has 132 valence electrons. The second-order valence-corrected chi connectivity index (χ2v) is 6.02. The largest absolute Gasteiger partial charge is 0.444 e. The molecule has 3 aromatic rings. The number of aryl methyl sites for hydroxylation is 3. The van der Waals surface area contributed by atoms with E-state index in [1.165, 1.54) is 10.9 Å². The van der Waals surface area contributed by atoms with Crippen molar-refractivity contribution in [2.45, 2.75) is 33.4 Å². The molecule has 2 heterocycles. The minimum atomic E-state index is 0.524. The third-order valence-electron chi connectivity index (χ3n) is 4.25. The summed E-state index contributed by atoms with van der Waals surface area (Å²) in [6, 6.07) is 10.6. The Morgan fingerprint density at radius 3 is 2.80 bits per heavy atom. The number of nitrogens with one attached hydrogen (secondary N) is 2. The van der Waals surface area contributed by atoms with Crippen LogP contribution in [0, 0.1) is 13.8 Å². The Balaban J connectivity index is 1.44. The number of benzene rings is 1. The van der Waals surface area contributed by atoms with E-state index in [0.29, 0.717) is 12.4 Å². The van der Waals surface area contributed by atoms with E-state index in [0.717, 1.165) is 36.9 Å². The fraction of sp³-hybridized carbons (Fsp3) is 0.368. The van der Waals surface area contributed by atoms with Gasteiger partial charge in [-0.3, -0.25) is 4.99 Å². The van der Waals surface area contributed by atoms with Crippen molar-refractivity contribution in [3.05, 3.63) is 53.9 Å². The smallest absolute Gasteiger partial charge is 0.214 e. The van der Waals surface area contributed by atoms with Gasteiger partial charge in [-0.1, -0.05) is 18.2 Å². The van der Waals surface area contributed by atoms with Gasteiger partial charge in [-0.15, -0.1) is 0 Å². The highest BCUT2D eigenvalue weighted by Gasteiger charge is 2.06. The molecule has 0 saturated heterocycles. The molecule has 0 saturated carbocycles. The predicted molar refractivity (Wildman–Crippen MR) is 101 cm³/mol. The summed E-state index contributed by atoms with van der Waals surface area (Å²) >= 11 is 0. The van der Waals surface area contributed by atoms with Gasteiger partial charge in [0.05, 0.1) is 12.2 Å². The van der Waals surface area contributed by atoms with Crippen molar-refractivity contribution >= 4 is 16.9 Å². The average molecular weight is 339 g/mol. The molecule has 3 rings (SSSR count). The van der Waals surface area contributed by atoms with E-state index in [1.54, 1.807) is 7.05 Å². The lowest BCUT2D eigenvalue weighted by atomic mass is 10.2. The van der Waals surface area contributed by atoms with Crippen molar-refractivity contribution in [2.24, 2.45) is 4.99 Å². The van der Waals surface area contributed by atoms with Crippen LogP contribution >= 0.6 is 0 Å². The number of aromatic nitrogens is 2. The van der Waals surface area contributed by atoms with Crippen LogP contribution < -0.4 is 10.6 Å². The predicted octanol–water partition coefficient (Wildman–Crippen LogP) is 3.00. The zero-order chi connectivity index (χ0) is 17.6. The fourth-order valence-corrected chi connectivity index (χ4v) is 2.79. The van der Waals surface area contributed by atoms with Crippen molar-refractivity contribution in [3.8, 4) is 0 Å². The molecule has 6 nitrogen and oxygen atoms in total. The monoisotopic (exact) mass is 339 g/mol. The second kappa shape index (κ2) is 7.88. The highest BCUT2D eigenvalue weighted by molar-refractivity contribution is 5.80. The highest BCUT2D eigenvalue weighted by atomic mass is 16.4. The van der Waals surface area contributed by atoms with Crippen molar-refractivity contribution < 1.29 is 4.42 Å². The molecule has 6 heteroatoms. The Morgan fingerprint density at radius 2 is 2.04 bits per heavy atom. The maximum atomic E-state index is 5.56. The van der Waals surface area contributed by atoms with Crippen LogP contribution in [0.25, 0.3) is 10.9 Å². The van der Waals surface area contributed by atoms with Crippen LogP contribution in [0.5, 0.6) is 0 Å². The molecule has 0 aliphatic rings. The molecule has 0 aliphatic heterocycles. The topological polar surface area (TPSA) is 67.4 Å². The van der Waals surface area contributed by atoms with Gasteiger partial charge in [0.2, 0.25) is 5.89 Å². The van der Waals surface area contributed by atoms with Crippen LogP contribution in [0.1, 0.15) is 23.8 Å². The quantitative estimate of drug-likeness (QED) is 0.412. The number of hydrogen-bond acceptors (Lipinski definition) is 3. The molecule has 0 fully saturated rings. The van der Waals surface area contributed by atoms with Gasteiger partial charge >= 0.3 is 0 Å². The lowest BCUT2D eigenvalue weighted by Crippen LogP contribution is -2.37. The fourth-order valence-electron chi connectivity index (χ4n) is 2.79. The van der Waals surface area contributed by atoms with Gasteiger partial charge in [0, 0.05) is 31.9 Å². The summed E-state index contributed by atoms with van der Waals surface area (Å²) in [6.07, 6.45) is 3.15. The standard InChI is InChI=1S/C19H25N5O/c1-14-15(2)25-18(23-14)13-22-19(20-3)21-10-6-11-24-12-9-16-7-4-5-8-17(16)24/h4-5,7-9,12H,6,10-11,13H2,1-3H3,(H2,20,21,22). The van der Waals surface area contributed by atoms with E-state index in [4.69, 9.17) is 4.42 Å². The maximum absolute atomic E-state index is 5.56. The number of nitrogens with zero attached hydrogens (tertiary/aromatic N) is 3. The Kier molecular flexibility index (Phi) is 5.38. The molecule has 0 spiro atoms. The van der Waals surface area contributed by atoms with Crippen molar-refractivity contribution in [3.63, 3.8) is 0 Å². The molecule has 0 bridgehead atoms. The number of rotatable bonds is 6.